The lowest BCUT2D eigenvalue weighted by Crippen LogP contribution is -2.59. The molecular weight excluding hydrogens is 556 g/mol. The number of unbranched alkanes of at least 4 members (excludes halogenated alkanes) is 16. The fourth-order valence-electron chi connectivity index (χ4n) is 5.19. The molecule has 0 aliphatic carbocycles. The quantitative estimate of drug-likeness (QED) is 0.0723. The van der Waals surface area contributed by atoms with Crippen LogP contribution in [0.5, 0.6) is 0 Å². The van der Waals surface area contributed by atoms with Gasteiger partial charge < -0.3 is 39.4 Å². The van der Waals surface area contributed by atoms with E-state index in [2.05, 4.69) is 13.8 Å². The van der Waals surface area contributed by atoms with Gasteiger partial charge in [0.25, 0.3) is 0 Å². The van der Waals surface area contributed by atoms with Crippen molar-refractivity contribution < 1.29 is 49.0 Å². The Morgan fingerprint density at radius 1 is 0.628 bits per heavy atom. The third-order valence-electron chi connectivity index (χ3n) is 7.99. The zero-order valence-corrected chi connectivity index (χ0v) is 27.0. The second kappa shape index (κ2) is 26.0. The lowest BCUT2D eigenvalue weighted by molar-refractivity contribution is -0.305. The molecule has 10 nitrogen and oxygen atoms in total. The Hall–Kier alpha value is -1.30. The number of carbonyl (C=O) groups excluding carboxylic acids is 2. The van der Waals surface area contributed by atoms with Crippen LogP contribution in [0.15, 0.2) is 0 Å². The molecular formula is C33H62O10. The van der Waals surface area contributed by atoms with Crippen LogP contribution in [0.4, 0.5) is 0 Å². The first-order valence-electron chi connectivity index (χ1n) is 17.1. The largest absolute Gasteiger partial charge is 0.462 e. The van der Waals surface area contributed by atoms with Crippen LogP contribution >= 0.6 is 0 Å². The van der Waals surface area contributed by atoms with Crippen molar-refractivity contribution in [2.24, 2.45) is 0 Å². The predicted octanol–water partition coefficient (Wildman–Crippen LogP) is 5.10. The van der Waals surface area contributed by atoms with Crippen molar-refractivity contribution >= 4 is 11.9 Å². The maximum absolute atomic E-state index is 12.6. The lowest BCUT2D eigenvalue weighted by Gasteiger charge is -2.39. The summed E-state index contributed by atoms with van der Waals surface area (Å²) in [6.45, 7) is 3.32. The molecule has 1 aliphatic rings. The van der Waals surface area contributed by atoms with Crippen LogP contribution in [-0.4, -0.2) is 89.0 Å². The molecule has 0 amide bonds. The molecule has 0 saturated carbocycles. The Kier molecular flexibility index (Phi) is 24.0. The van der Waals surface area contributed by atoms with Gasteiger partial charge in [-0.1, -0.05) is 117 Å². The van der Waals surface area contributed by atoms with Crippen molar-refractivity contribution in [2.45, 2.75) is 179 Å². The van der Waals surface area contributed by atoms with Gasteiger partial charge in [0.05, 0.1) is 13.2 Å². The van der Waals surface area contributed by atoms with E-state index in [4.69, 9.17) is 18.9 Å². The second-order valence-corrected chi connectivity index (χ2v) is 12.0. The van der Waals surface area contributed by atoms with Crippen LogP contribution in [0.2, 0.25) is 0 Å². The third kappa shape index (κ3) is 19.0. The molecule has 43 heavy (non-hydrogen) atoms. The average molecular weight is 619 g/mol. The number of rotatable bonds is 27. The van der Waals surface area contributed by atoms with E-state index in [0.29, 0.717) is 6.42 Å². The number of aliphatic hydroxyl groups excluding tert-OH is 4. The van der Waals surface area contributed by atoms with Crippen LogP contribution in [-0.2, 0) is 28.5 Å². The normalized spacial score (nSPS) is 22.8. The zero-order valence-electron chi connectivity index (χ0n) is 27.0. The first kappa shape index (κ1) is 39.7. The van der Waals surface area contributed by atoms with Crippen molar-refractivity contribution in [3.63, 3.8) is 0 Å². The van der Waals surface area contributed by atoms with E-state index < -0.39 is 49.4 Å². The maximum Gasteiger partial charge on any atom is 0.306 e. The highest BCUT2D eigenvalue weighted by Gasteiger charge is 2.44. The van der Waals surface area contributed by atoms with Crippen LogP contribution in [0, 0.1) is 0 Å². The summed E-state index contributed by atoms with van der Waals surface area (Å²) in [4.78, 5) is 24.9. The van der Waals surface area contributed by atoms with E-state index in [1.54, 1.807) is 0 Å². The molecule has 0 aromatic rings. The standard InChI is InChI=1S/C33H62O10/c1-3-5-7-9-11-12-13-14-15-16-18-20-22-29(36)42-26(24-40-28(35)21-19-17-10-8-6-4-2)25-41-33-32(39)31(38)30(37)27(23-34)43-33/h26-27,30-34,37-39H,3-25H2,1-2H3/t26-,27-,30+,31+,32-,33-/m1/s1. The molecule has 254 valence electrons. The molecule has 0 aromatic carbocycles. The number of carbonyl (C=O) groups is 2. The fraction of sp³-hybridized carbons (Fsp3) is 0.939. The summed E-state index contributed by atoms with van der Waals surface area (Å²) in [6.07, 6.45) is 12.9. The fourth-order valence-corrected chi connectivity index (χ4v) is 5.19. The summed E-state index contributed by atoms with van der Waals surface area (Å²) in [5, 5.41) is 39.7. The number of aliphatic hydroxyl groups is 4. The summed E-state index contributed by atoms with van der Waals surface area (Å²) < 4.78 is 21.9. The Morgan fingerprint density at radius 3 is 1.58 bits per heavy atom. The van der Waals surface area contributed by atoms with Gasteiger partial charge in [0, 0.05) is 12.8 Å². The molecule has 1 rings (SSSR count). The topological polar surface area (TPSA) is 152 Å². The minimum absolute atomic E-state index is 0.212. The first-order valence-corrected chi connectivity index (χ1v) is 17.1. The molecule has 1 fully saturated rings. The zero-order chi connectivity index (χ0) is 31.7. The van der Waals surface area contributed by atoms with Gasteiger partial charge in [0.2, 0.25) is 0 Å². The van der Waals surface area contributed by atoms with Gasteiger partial charge in [-0.05, 0) is 12.8 Å². The SMILES string of the molecule is CCCCCCCCCCCCCCC(=O)O[C@H](COC(=O)CCCCCCCC)CO[C@@H]1O[C@H](CO)[C@H](O)[C@H](O)[C@H]1O. The lowest BCUT2D eigenvalue weighted by atomic mass is 9.99. The summed E-state index contributed by atoms with van der Waals surface area (Å²) in [6, 6.07) is 0. The molecule has 1 heterocycles. The molecule has 0 radical (unpaired) electrons. The highest BCUT2D eigenvalue weighted by Crippen LogP contribution is 2.22. The van der Waals surface area contributed by atoms with Gasteiger partial charge in [-0.15, -0.1) is 0 Å². The summed E-state index contributed by atoms with van der Waals surface area (Å²) in [5.74, 6) is -0.813. The van der Waals surface area contributed by atoms with Crippen molar-refractivity contribution in [1.82, 2.24) is 0 Å². The highest BCUT2D eigenvalue weighted by atomic mass is 16.7. The average Bonchev–Trinajstić information content (AvgIpc) is 3.00. The van der Waals surface area contributed by atoms with Gasteiger partial charge in [0.15, 0.2) is 12.4 Å². The Morgan fingerprint density at radius 2 is 1.09 bits per heavy atom. The van der Waals surface area contributed by atoms with E-state index in [-0.39, 0.29) is 32.0 Å². The van der Waals surface area contributed by atoms with Crippen molar-refractivity contribution in [2.75, 3.05) is 19.8 Å². The Bertz CT molecular complexity index is 689. The maximum atomic E-state index is 12.6. The molecule has 10 heteroatoms. The molecule has 1 saturated heterocycles. The minimum atomic E-state index is -1.59. The van der Waals surface area contributed by atoms with Crippen LogP contribution in [0.25, 0.3) is 0 Å². The summed E-state index contributed by atoms with van der Waals surface area (Å²) in [7, 11) is 0. The molecule has 1 aliphatic heterocycles. The van der Waals surface area contributed by atoms with Crippen LogP contribution in [0.3, 0.4) is 0 Å². The third-order valence-corrected chi connectivity index (χ3v) is 7.99. The molecule has 0 aromatic heterocycles. The van der Waals surface area contributed by atoms with Crippen molar-refractivity contribution in [1.29, 1.82) is 0 Å². The highest BCUT2D eigenvalue weighted by molar-refractivity contribution is 5.70. The minimum Gasteiger partial charge on any atom is -0.462 e. The number of hydrogen-bond acceptors (Lipinski definition) is 10. The Balaban J connectivity index is 2.43. The van der Waals surface area contributed by atoms with Gasteiger partial charge in [-0.2, -0.15) is 0 Å². The smallest absolute Gasteiger partial charge is 0.306 e. The summed E-state index contributed by atoms with van der Waals surface area (Å²) >= 11 is 0. The van der Waals surface area contributed by atoms with Crippen molar-refractivity contribution in [3.05, 3.63) is 0 Å². The summed E-state index contributed by atoms with van der Waals surface area (Å²) in [5.41, 5.74) is 0. The first-order chi connectivity index (χ1) is 20.8. The molecule has 0 bridgehead atoms. The number of hydrogen-bond donors (Lipinski definition) is 4. The molecule has 6 atom stereocenters. The van der Waals surface area contributed by atoms with Gasteiger partial charge in [-0.3, -0.25) is 9.59 Å². The van der Waals surface area contributed by atoms with Crippen LogP contribution in [0.1, 0.15) is 142 Å². The van der Waals surface area contributed by atoms with Gasteiger partial charge in [-0.25, -0.2) is 0 Å². The number of ether oxygens (including phenoxy) is 4. The van der Waals surface area contributed by atoms with E-state index in [0.717, 1.165) is 51.4 Å². The number of esters is 2. The van der Waals surface area contributed by atoms with E-state index in [9.17, 15) is 30.0 Å². The molecule has 0 unspecified atom stereocenters. The van der Waals surface area contributed by atoms with Crippen molar-refractivity contribution in [3.8, 4) is 0 Å². The molecule has 0 spiro atoms. The van der Waals surface area contributed by atoms with Gasteiger partial charge >= 0.3 is 11.9 Å². The van der Waals surface area contributed by atoms with Gasteiger partial charge in [0.1, 0.15) is 31.0 Å². The second-order valence-electron chi connectivity index (χ2n) is 12.0. The van der Waals surface area contributed by atoms with E-state index in [1.807, 2.05) is 0 Å². The Labute approximate surface area is 259 Å². The predicted molar refractivity (Wildman–Crippen MR) is 164 cm³/mol. The van der Waals surface area contributed by atoms with E-state index >= 15 is 0 Å². The molecule has 4 N–H and O–H groups in total. The monoisotopic (exact) mass is 618 g/mol. The van der Waals surface area contributed by atoms with Crippen LogP contribution < -0.4 is 0 Å². The van der Waals surface area contributed by atoms with E-state index in [1.165, 1.54) is 57.8 Å².